The molecular formula is C14H19N. The first-order valence-electron chi connectivity index (χ1n) is 5.34. The second kappa shape index (κ2) is 4.92. The second-order valence-electron chi connectivity index (χ2n) is 3.94. The number of pyridine rings is 1. The SMILES string of the molecule is C=C(CC)C/C=c1/cc(C)c(C)nc1=C. The Balaban J connectivity index is 3.10. The lowest BCUT2D eigenvalue weighted by molar-refractivity contribution is 1.05. The summed E-state index contributed by atoms with van der Waals surface area (Å²) in [6, 6.07) is 2.15. The van der Waals surface area contributed by atoms with Crippen molar-refractivity contribution in [2.45, 2.75) is 33.6 Å². The summed E-state index contributed by atoms with van der Waals surface area (Å²) in [7, 11) is 0. The highest BCUT2D eigenvalue weighted by Crippen LogP contribution is 2.02. The van der Waals surface area contributed by atoms with Crippen molar-refractivity contribution in [3.63, 3.8) is 0 Å². The highest BCUT2D eigenvalue weighted by molar-refractivity contribution is 5.32. The van der Waals surface area contributed by atoms with E-state index in [0.717, 1.165) is 29.1 Å². The third-order valence-electron chi connectivity index (χ3n) is 2.69. The van der Waals surface area contributed by atoms with Crippen molar-refractivity contribution >= 4 is 12.7 Å². The van der Waals surface area contributed by atoms with Gasteiger partial charge in [0.15, 0.2) is 0 Å². The lowest BCUT2D eigenvalue weighted by Gasteiger charge is -1.99. The summed E-state index contributed by atoms with van der Waals surface area (Å²) < 4.78 is 0. The molecule has 0 atom stereocenters. The molecule has 0 aliphatic rings. The number of aryl methyl sites for hydroxylation is 2. The first-order chi connectivity index (χ1) is 7.04. The molecule has 0 aliphatic carbocycles. The van der Waals surface area contributed by atoms with E-state index in [9.17, 15) is 0 Å². The minimum Gasteiger partial charge on any atom is -0.254 e. The van der Waals surface area contributed by atoms with Crippen LogP contribution in [0, 0.1) is 13.8 Å². The van der Waals surface area contributed by atoms with E-state index < -0.39 is 0 Å². The Labute approximate surface area is 91.9 Å². The molecule has 1 nitrogen and oxygen atoms in total. The Hall–Kier alpha value is -1.37. The third-order valence-corrected chi connectivity index (χ3v) is 2.69. The van der Waals surface area contributed by atoms with E-state index in [1.165, 1.54) is 11.1 Å². The molecule has 0 spiro atoms. The minimum absolute atomic E-state index is 0.863. The van der Waals surface area contributed by atoms with Gasteiger partial charge in [-0.15, -0.1) is 0 Å². The summed E-state index contributed by atoms with van der Waals surface area (Å²) in [6.07, 6.45) is 4.11. The molecular weight excluding hydrogens is 182 g/mol. The minimum atomic E-state index is 0.863. The van der Waals surface area contributed by atoms with Crippen molar-refractivity contribution in [3.8, 4) is 0 Å². The molecule has 0 bridgehead atoms. The van der Waals surface area contributed by atoms with Crippen molar-refractivity contribution in [3.05, 3.63) is 40.0 Å². The zero-order valence-electron chi connectivity index (χ0n) is 9.93. The fourth-order valence-electron chi connectivity index (χ4n) is 1.35. The highest BCUT2D eigenvalue weighted by Gasteiger charge is 1.94. The number of hydrogen-bond acceptors (Lipinski definition) is 1. The number of hydrogen-bond donors (Lipinski definition) is 0. The van der Waals surface area contributed by atoms with Crippen LogP contribution in [0.1, 0.15) is 31.0 Å². The van der Waals surface area contributed by atoms with Crippen molar-refractivity contribution in [2.75, 3.05) is 0 Å². The molecule has 1 aromatic rings. The van der Waals surface area contributed by atoms with E-state index in [4.69, 9.17) is 0 Å². The number of allylic oxidation sites excluding steroid dienone is 1. The normalized spacial score (nSPS) is 11.8. The summed E-state index contributed by atoms with van der Waals surface area (Å²) in [6.45, 7) is 14.2. The van der Waals surface area contributed by atoms with Gasteiger partial charge in [-0.25, -0.2) is 0 Å². The van der Waals surface area contributed by atoms with Gasteiger partial charge in [-0.2, -0.15) is 0 Å². The second-order valence-corrected chi connectivity index (χ2v) is 3.94. The zero-order valence-corrected chi connectivity index (χ0v) is 9.93. The van der Waals surface area contributed by atoms with Gasteiger partial charge in [-0.05, 0) is 43.5 Å². The van der Waals surface area contributed by atoms with Gasteiger partial charge in [0.05, 0.1) is 5.35 Å². The van der Waals surface area contributed by atoms with Crippen LogP contribution in [0.25, 0.3) is 12.7 Å². The highest BCUT2D eigenvalue weighted by atomic mass is 14.7. The van der Waals surface area contributed by atoms with Crippen LogP contribution < -0.4 is 10.6 Å². The molecule has 0 unspecified atom stereocenters. The molecule has 0 radical (unpaired) electrons. The summed E-state index contributed by atoms with van der Waals surface area (Å²) in [5, 5.41) is 2.00. The Morgan fingerprint density at radius 2 is 2.13 bits per heavy atom. The summed E-state index contributed by atoms with van der Waals surface area (Å²) >= 11 is 0. The first kappa shape index (κ1) is 11.7. The van der Waals surface area contributed by atoms with Gasteiger partial charge in [-0.1, -0.05) is 31.7 Å². The van der Waals surface area contributed by atoms with E-state index in [2.05, 4.69) is 44.1 Å². The molecule has 15 heavy (non-hydrogen) atoms. The average Bonchev–Trinajstić information content (AvgIpc) is 2.21. The van der Waals surface area contributed by atoms with Crippen LogP contribution in [0.5, 0.6) is 0 Å². The predicted octanol–water partition coefficient (Wildman–Crippen LogP) is 2.25. The molecule has 1 aromatic heterocycles. The van der Waals surface area contributed by atoms with E-state index in [0.29, 0.717) is 0 Å². The van der Waals surface area contributed by atoms with E-state index >= 15 is 0 Å². The summed E-state index contributed by atoms with van der Waals surface area (Å²) in [5.74, 6) is 0. The quantitative estimate of drug-likeness (QED) is 0.683. The lowest BCUT2D eigenvalue weighted by Crippen LogP contribution is -2.28. The smallest absolute Gasteiger partial charge is 0.0630 e. The monoisotopic (exact) mass is 201 g/mol. The molecule has 1 heterocycles. The molecule has 0 N–H and O–H groups in total. The largest absolute Gasteiger partial charge is 0.254 e. The zero-order chi connectivity index (χ0) is 11.4. The molecule has 0 saturated carbocycles. The van der Waals surface area contributed by atoms with Crippen molar-refractivity contribution in [1.29, 1.82) is 0 Å². The number of rotatable bonds is 3. The van der Waals surface area contributed by atoms with Crippen LogP contribution in [-0.4, -0.2) is 4.98 Å². The molecule has 0 aliphatic heterocycles. The van der Waals surface area contributed by atoms with Gasteiger partial charge >= 0.3 is 0 Å². The Morgan fingerprint density at radius 3 is 2.73 bits per heavy atom. The van der Waals surface area contributed by atoms with Gasteiger partial charge in [0.2, 0.25) is 0 Å². The van der Waals surface area contributed by atoms with Crippen LogP contribution in [0.4, 0.5) is 0 Å². The molecule has 1 rings (SSSR count). The van der Waals surface area contributed by atoms with E-state index in [1.54, 1.807) is 0 Å². The maximum absolute atomic E-state index is 4.40. The Bertz CT molecular complexity index is 469. The maximum Gasteiger partial charge on any atom is 0.0630 e. The molecule has 0 fully saturated rings. The molecule has 80 valence electrons. The lowest BCUT2D eigenvalue weighted by atomic mass is 10.1. The van der Waals surface area contributed by atoms with Crippen LogP contribution in [0.3, 0.4) is 0 Å². The van der Waals surface area contributed by atoms with Crippen molar-refractivity contribution in [2.24, 2.45) is 0 Å². The van der Waals surface area contributed by atoms with Gasteiger partial charge < -0.3 is 0 Å². The Kier molecular flexibility index (Phi) is 3.84. The van der Waals surface area contributed by atoms with Crippen LogP contribution in [0.2, 0.25) is 0 Å². The molecule has 0 amide bonds. The average molecular weight is 201 g/mol. The fourth-order valence-corrected chi connectivity index (χ4v) is 1.35. The third kappa shape index (κ3) is 3.05. The summed E-state index contributed by atoms with van der Waals surface area (Å²) in [5.41, 5.74) is 3.52. The molecule has 0 saturated heterocycles. The summed E-state index contributed by atoms with van der Waals surface area (Å²) in [4.78, 5) is 4.40. The Morgan fingerprint density at radius 1 is 1.47 bits per heavy atom. The van der Waals surface area contributed by atoms with E-state index in [1.807, 2.05) is 6.92 Å². The van der Waals surface area contributed by atoms with Crippen LogP contribution in [-0.2, 0) is 0 Å². The first-order valence-corrected chi connectivity index (χ1v) is 5.34. The fraction of sp³-hybridized carbons (Fsp3) is 0.357. The topological polar surface area (TPSA) is 12.9 Å². The molecule has 0 aromatic carbocycles. The van der Waals surface area contributed by atoms with Gasteiger partial charge in [0, 0.05) is 5.69 Å². The number of aromatic nitrogens is 1. The van der Waals surface area contributed by atoms with Crippen molar-refractivity contribution in [1.82, 2.24) is 4.98 Å². The standard InChI is InChI=1S/C14H19N/c1-6-10(2)7-8-14-9-11(3)12(4)15-13(14)5/h8-9H,2,5-7H2,1,3-4H3/b14-8-. The van der Waals surface area contributed by atoms with E-state index in [-0.39, 0.29) is 0 Å². The molecule has 1 heteroatoms. The maximum atomic E-state index is 4.40. The van der Waals surface area contributed by atoms with Gasteiger partial charge in [-0.3, -0.25) is 4.98 Å². The van der Waals surface area contributed by atoms with Crippen LogP contribution in [0.15, 0.2) is 18.2 Å². The van der Waals surface area contributed by atoms with Crippen LogP contribution >= 0.6 is 0 Å². The van der Waals surface area contributed by atoms with Gasteiger partial charge in [0.25, 0.3) is 0 Å². The van der Waals surface area contributed by atoms with Gasteiger partial charge in [0.1, 0.15) is 0 Å². The van der Waals surface area contributed by atoms with Crippen molar-refractivity contribution < 1.29 is 0 Å². The number of nitrogens with zero attached hydrogens (tertiary/aromatic N) is 1. The predicted molar refractivity (Wildman–Crippen MR) is 67.0 cm³/mol.